The second kappa shape index (κ2) is 8.66. The van der Waals surface area contributed by atoms with E-state index in [1.807, 2.05) is 54.6 Å². The summed E-state index contributed by atoms with van der Waals surface area (Å²) >= 11 is 0. The summed E-state index contributed by atoms with van der Waals surface area (Å²) in [6, 6.07) is 17.6. The first-order chi connectivity index (χ1) is 14.9. The van der Waals surface area contributed by atoms with Crippen molar-refractivity contribution in [2.45, 2.75) is 19.5 Å². The number of nitrogens with zero attached hydrogens (tertiary/aromatic N) is 2. The number of hydrogen-bond donors (Lipinski definition) is 2. The first-order valence-corrected chi connectivity index (χ1v) is 11.9. The number of benzene rings is 2. The number of hydrogen-bond acceptors (Lipinski definition) is 6. The average molecular weight is 439 g/mol. The number of rotatable bonds is 6. The molecule has 0 spiro atoms. The van der Waals surface area contributed by atoms with Crippen molar-refractivity contribution in [3.8, 4) is 17.1 Å². The second-order valence-electron chi connectivity index (χ2n) is 7.56. The maximum absolute atomic E-state index is 11.9. The largest absolute Gasteiger partial charge is 0.481 e. The lowest BCUT2D eigenvalue weighted by Crippen LogP contribution is -2.35. The summed E-state index contributed by atoms with van der Waals surface area (Å²) in [5.74, 6) is 0.548. The molecule has 3 N–H and O–H groups in total. The van der Waals surface area contributed by atoms with Crippen molar-refractivity contribution in [3.05, 3.63) is 71.3 Å². The molecule has 0 atom stereocenters. The lowest BCUT2D eigenvalue weighted by Gasteiger charge is -2.28. The fraction of sp³-hybridized carbons (Fsp3) is 0.261. The molecular weight excluding hydrogens is 412 g/mol. The number of anilines is 2. The molecule has 0 fully saturated rings. The summed E-state index contributed by atoms with van der Waals surface area (Å²) in [7, 11) is -1.61. The summed E-state index contributed by atoms with van der Waals surface area (Å²) in [6.45, 7) is 1.28. The Kier molecular flexibility index (Phi) is 5.95. The molecule has 0 saturated carbocycles. The maximum Gasteiger partial charge on any atom is 0.213 e. The van der Waals surface area contributed by atoms with Crippen molar-refractivity contribution in [1.29, 1.82) is 0 Å². The highest BCUT2D eigenvalue weighted by Gasteiger charge is 2.24. The lowest BCUT2D eigenvalue weighted by molar-refractivity contribution is 0.395. The minimum atomic E-state index is -3.21. The standard InChI is InChI=1S/C23H26N4O3S/c1-30-23-8-4-7-22(26-23)20-13-18(10-9-16(20)14-24)25-21-6-3-5-17-15-27(31(2,28)29)12-11-19(17)21/h3-10,13,25H,11-12,14-15,24H2,1-2H3. The van der Waals surface area contributed by atoms with Crippen LogP contribution in [0.4, 0.5) is 11.4 Å². The van der Waals surface area contributed by atoms with E-state index < -0.39 is 10.0 Å². The number of aromatic nitrogens is 1. The maximum atomic E-state index is 11.9. The molecule has 2 heterocycles. The monoisotopic (exact) mass is 438 g/mol. The van der Waals surface area contributed by atoms with E-state index in [0.717, 1.165) is 39.3 Å². The van der Waals surface area contributed by atoms with Crippen molar-refractivity contribution in [1.82, 2.24) is 9.29 Å². The molecule has 0 aliphatic carbocycles. The van der Waals surface area contributed by atoms with E-state index in [1.165, 1.54) is 10.6 Å². The fourth-order valence-electron chi connectivity index (χ4n) is 3.89. The highest BCUT2D eigenvalue weighted by Crippen LogP contribution is 2.32. The first kappa shape index (κ1) is 21.3. The minimum absolute atomic E-state index is 0.398. The van der Waals surface area contributed by atoms with Gasteiger partial charge < -0.3 is 15.8 Å². The zero-order valence-electron chi connectivity index (χ0n) is 17.6. The molecule has 0 radical (unpaired) electrons. The highest BCUT2D eigenvalue weighted by atomic mass is 32.2. The van der Waals surface area contributed by atoms with Crippen molar-refractivity contribution >= 4 is 21.4 Å². The Morgan fingerprint density at radius 3 is 2.71 bits per heavy atom. The van der Waals surface area contributed by atoms with Gasteiger partial charge in [-0.05, 0) is 47.4 Å². The van der Waals surface area contributed by atoms with Crippen LogP contribution in [0.3, 0.4) is 0 Å². The molecule has 7 nitrogen and oxygen atoms in total. The number of nitrogens with two attached hydrogens (primary N) is 1. The Labute approximate surface area is 182 Å². The molecule has 2 aromatic carbocycles. The number of fused-ring (bicyclic) bond motifs is 1. The zero-order chi connectivity index (χ0) is 22.0. The van der Waals surface area contributed by atoms with Crippen LogP contribution in [0.2, 0.25) is 0 Å². The summed E-state index contributed by atoms with van der Waals surface area (Å²) in [5, 5.41) is 3.51. The highest BCUT2D eigenvalue weighted by molar-refractivity contribution is 7.88. The van der Waals surface area contributed by atoms with Crippen LogP contribution < -0.4 is 15.8 Å². The molecular formula is C23H26N4O3S. The molecule has 8 heteroatoms. The van der Waals surface area contributed by atoms with E-state index in [-0.39, 0.29) is 0 Å². The third-order valence-electron chi connectivity index (χ3n) is 5.52. The molecule has 0 bridgehead atoms. The third-order valence-corrected chi connectivity index (χ3v) is 6.77. The summed E-state index contributed by atoms with van der Waals surface area (Å²) in [6.07, 6.45) is 1.92. The van der Waals surface area contributed by atoms with Crippen LogP contribution in [0.25, 0.3) is 11.3 Å². The zero-order valence-corrected chi connectivity index (χ0v) is 18.4. The van der Waals surface area contributed by atoms with Crippen LogP contribution >= 0.6 is 0 Å². The van der Waals surface area contributed by atoms with Crippen LogP contribution in [0.5, 0.6) is 5.88 Å². The van der Waals surface area contributed by atoms with Gasteiger partial charge in [0.25, 0.3) is 0 Å². The van der Waals surface area contributed by atoms with E-state index in [9.17, 15) is 8.42 Å². The molecule has 31 heavy (non-hydrogen) atoms. The molecule has 1 aliphatic heterocycles. The number of nitrogens with one attached hydrogen (secondary N) is 1. The van der Waals surface area contributed by atoms with Crippen molar-refractivity contribution in [2.24, 2.45) is 5.73 Å². The minimum Gasteiger partial charge on any atom is -0.481 e. The molecule has 4 rings (SSSR count). The average Bonchev–Trinajstić information content (AvgIpc) is 2.78. The van der Waals surface area contributed by atoms with E-state index >= 15 is 0 Å². The molecule has 3 aromatic rings. The topological polar surface area (TPSA) is 97.5 Å². The summed E-state index contributed by atoms with van der Waals surface area (Å²) < 4.78 is 30.7. The van der Waals surface area contributed by atoms with E-state index in [2.05, 4.69) is 10.3 Å². The predicted octanol–water partition coefficient (Wildman–Crippen LogP) is 3.28. The smallest absolute Gasteiger partial charge is 0.213 e. The van der Waals surface area contributed by atoms with Crippen LogP contribution in [-0.4, -0.2) is 37.6 Å². The van der Waals surface area contributed by atoms with Crippen LogP contribution in [-0.2, 0) is 29.5 Å². The number of pyridine rings is 1. The quantitative estimate of drug-likeness (QED) is 0.613. The van der Waals surface area contributed by atoms with Gasteiger partial charge in [-0.3, -0.25) is 0 Å². The lowest BCUT2D eigenvalue weighted by atomic mass is 9.98. The first-order valence-electron chi connectivity index (χ1n) is 10.1. The van der Waals surface area contributed by atoms with E-state index in [0.29, 0.717) is 31.9 Å². The Balaban J connectivity index is 1.67. The van der Waals surface area contributed by atoms with Gasteiger partial charge in [0.05, 0.1) is 19.1 Å². The third kappa shape index (κ3) is 4.56. The van der Waals surface area contributed by atoms with E-state index in [4.69, 9.17) is 10.5 Å². The predicted molar refractivity (Wildman–Crippen MR) is 123 cm³/mol. The SMILES string of the molecule is COc1cccc(-c2cc(Nc3cccc4c3CCN(S(C)(=O)=O)C4)ccc2CN)n1. The number of sulfonamides is 1. The Morgan fingerprint density at radius 1 is 1.16 bits per heavy atom. The molecule has 0 amide bonds. The molecule has 0 saturated heterocycles. The van der Waals surface area contributed by atoms with Gasteiger partial charge in [0.15, 0.2) is 0 Å². The van der Waals surface area contributed by atoms with Crippen molar-refractivity contribution in [2.75, 3.05) is 25.2 Å². The van der Waals surface area contributed by atoms with Gasteiger partial charge in [-0.2, -0.15) is 4.31 Å². The van der Waals surface area contributed by atoms with Gasteiger partial charge in [0.1, 0.15) is 0 Å². The van der Waals surface area contributed by atoms with Crippen molar-refractivity contribution in [3.63, 3.8) is 0 Å². The normalized spacial score (nSPS) is 14.2. The molecule has 1 aliphatic rings. The molecule has 0 unspecified atom stereocenters. The summed E-state index contributed by atoms with van der Waals surface area (Å²) in [4.78, 5) is 4.55. The van der Waals surface area contributed by atoms with Crippen molar-refractivity contribution < 1.29 is 13.2 Å². The van der Waals surface area contributed by atoms with Gasteiger partial charge in [0.2, 0.25) is 15.9 Å². The molecule has 1 aromatic heterocycles. The fourth-order valence-corrected chi connectivity index (χ4v) is 4.68. The van der Waals surface area contributed by atoms with Gasteiger partial charge in [-0.25, -0.2) is 13.4 Å². The van der Waals surface area contributed by atoms with Gasteiger partial charge in [-0.1, -0.05) is 24.3 Å². The van der Waals surface area contributed by atoms with Gasteiger partial charge >= 0.3 is 0 Å². The molecule has 162 valence electrons. The van der Waals surface area contributed by atoms with E-state index in [1.54, 1.807) is 7.11 Å². The Bertz CT molecular complexity index is 1210. The summed E-state index contributed by atoms with van der Waals surface area (Å²) in [5.41, 5.74) is 12.8. The van der Waals surface area contributed by atoms with Gasteiger partial charge in [-0.15, -0.1) is 0 Å². The number of ether oxygens (including phenoxy) is 1. The van der Waals surface area contributed by atoms with Gasteiger partial charge in [0, 0.05) is 42.6 Å². The van der Waals surface area contributed by atoms with Crippen LogP contribution in [0, 0.1) is 0 Å². The van der Waals surface area contributed by atoms with Crippen LogP contribution in [0.1, 0.15) is 16.7 Å². The second-order valence-corrected chi connectivity index (χ2v) is 9.54. The Morgan fingerprint density at radius 2 is 1.97 bits per heavy atom. The number of methoxy groups -OCH3 is 1. The Hall–Kier alpha value is -2.94. The van der Waals surface area contributed by atoms with Crippen LogP contribution in [0.15, 0.2) is 54.6 Å².